The van der Waals surface area contributed by atoms with Gasteiger partial charge in [0.15, 0.2) is 11.5 Å². The fraction of sp³-hybridized carbons (Fsp3) is 0.133. The van der Waals surface area contributed by atoms with Crippen LogP contribution in [0, 0.1) is 6.92 Å². The molecule has 1 heterocycles. The van der Waals surface area contributed by atoms with Crippen molar-refractivity contribution in [2.45, 2.75) is 13.0 Å². The number of methoxy groups -OCH3 is 2. The third kappa shape index (κ3) is 6.27. The molecule has 0 bridgehead atoms. The van der Waals surface area contributed by atoms with E-state index in [9.17, 15) is 9.59 Å². The smallest absolute Gasteiger partial charge is 0.268 e. The van der Waals surface area contributed by atoms with Crippen LogP contribution in [0.4, 0.5) is 0 Å². The lowest BCUT2D eigenvalue weighted by atomic mass is 9.97. The van der Waals surface area contributed by atoms with E-state index in [2.05, 4.69) is 10.6 Å². The van der Waals surface area contributed by atoms with Crippen molar-refractivity contribution in [1.82, 2.24) is 10.6 Å². The Labute approximate surface area is 215 Å². The van der Waals surface area contributed by atoms with Crippen molar-refractivity contribution < 1.29 is 23.5 Å². The molecule has 188 valence electrons. The van der Waals surface area contributed by atoms with Crippen LogP contribution in [0.1, 0.15) is 38.9 Å². The summed E-state index contributed by atoms with van der Waals surface area (Å²) in [6.45, 7) is 2.01. The van der Waals surface area contributed by atoms with Crippen LogP contribution in [0.25, 0.3) is 6.08 Å². The first-order valence-electron chi connectivity index (χ1n) is 11.7. The first-order chi connectivity index (χ1) is 18.0. The summed E-state index contributed by atoms with van der Waals surface area (Å²) in [6.07, 6.45) is 2.99. The van der Waals surface area contributed by atoms with Gasteiger partial charge in [-0.05, 0) is 48.4 Å². The number of nitrogens with one attached hydrogen (secondary N) is 2. The average molecular weight is 497 g/mol. The number of ether oxygens (including phenoxy) is 2. The van der Waals surface area contributed by atoms with E-state index in [1.807, 2.05) is 61.5 Å². The lowest BCUT2D eigenvalue weighted by Gasteiger charge is -2.21. The number of carbonyl (C=O) groups excluding carboxylic acids is 2. The van der Waals surface area contributed by atoms with Gasteiger partial charge in [-0.1, -0.05) is 60.2 Å². The van der Waals surface area contributed by atoms with Crippen molar-refractivity contribution >= 4 is 17.9 Å². The van der Waals surface area contributed by atoms with Gasteiger partial charge in [-0.3, -0.25) is 9.59 Å². The molecule has 3 aromatic carbocycles. The fourth-order valence-electron chi connectivity index (χ4n) is 3.82. The Hall–Kier alpha value is -4.78. The summed E-state index contributed by atoms with van der Waals surface area (Å²) in [5, 5.41) is 5.80. The van der Waals surface area contributed by atoms with Crippen LogP contribution in [0.15, 0.2) is 101 Å². The summed E-state index contributed by atoms with van der Waals surface area (Å²) in [7, 11) is 3.01. The fourth-order valence-corrected chi connectivity index (χ4v) is 3.82. The quantitative estimate of drug-likeness (QED) is 0.308. The number of amides is 2. The number of rotatable bonds is 9. The normalized spacial score (nSPS) is 11.9. The lowest BCUT2D eigenvalue weighted by molar-refractivity contribution is -0.118. The third-order valence-electron chi connectivity index (χ3n) is 5.79. The van der Waals surface area contributed by atoms with Gasteiger partial charge < -0.3 is 24.5 Å². The maximum Gasteiger partial charge on any atom is 0.268 e. The molecule has 0 aliphatic heterocycles. The number of furan rings is 1. The zero-order valence-electron chi connectivity index (χ0n) is 20.9. The van der Waals surface area contributed by atoms with Gasteiger partial charge in [-0.15, -0.1) is 0 Å². The lowest BCUT2D eigenvalue weighted by Crippen LogP contribution is -2.37. The van der Waals surface area contributed by atoms with Gasteiger partial charge in [0, 0.05) is 11.6 Å². The van der Waals surface area contributed by atoms with Gasteiger partial charge in [0.1, 0.15) is 11.5 Å². The van der Waals surface area contributed by atoms with E-state index >= 15 is 0 Å². The maximum absolute atomic E-state index is 13.6. The van der Waals surface area contributed by atoms with Crippen LogP contribution in [-0.4, -0.2) is 26.0 Å². The molecule has 4 rings (SSSR count). The van der Waals surface area contributed by atoms with Crippen LogP contribution in [0.5, 0.6) is 11.5 Å². The predicted octanol–water partition coefficient (Wildman–Crippen LogP) is 5.28. The molecule has 1 atom stereocenters. The van der Waals surface area contributed by atoms with Crippen LogP contribution in [0.2, 0.25) is 0 Å². The number of carbonyl (C=O) groups is 2. The van der Waals surface area contributed by atoms with Crippen molar-refractivity contribution in [3.63, 3.8) is 0 Å². The molecule has 0 radical (unpaired) electrons. The van der Waals surface area contributed by atoms with Gasteiger partial charge >= 0.3 is 0 Å². The molecule has 1 aromatic heterocycles. The van der Waals surface area contributed by atoms with Crippen LogP contribution < -0.4 is 20.1 Å². The van der Waals surface area contributed by atoms with Crippen molar-refractivity contribution in [1.29, 1.82) is 0 Å². The molecule has 0 unspecified atom stereocenters. The minimum Gasteiger partial charge on any atom is -0.493 e. The van der Waals surface area contributed by atoms with Crippen molar-refractivity contribution in [2.24, 2.45) is 0 Å². The highest BCUT2D eigenvalue weighted by molar-refractivity contribution is 6.05. The Kier molecular flexibility index (Phi) is 8.05. The summed E-state index contributed by atoms with van der Waals surface area (Å²) >= 11 is 0. The second-order valence-electron chi connectivity index (χ2n) is 8.33. The molecule has 0 aliphatic rings. The van der Waals surface area contributed by atoms with E-state index in [1.54, 1.807) is 30.3 Å². The number of aryl methyl sites for hydroxylation is 1. The van der Waals surface area contributed by atoms with Crippen molar-refractivity contribution in [2.75, 3.05) is 14.2 Å². The van der Waals surface area contributed by atoms with E-state index in [0.29, 0.717) is 22.8 Å². The first-order valence-corrected chi connectivity index (χ1v) is 11.7. The van der Waals surface area contributed by atoms with Crippen LogP contribution in [-0.2, 0) is 4.79 Å². The summed E-state index contributed by atoms with van der Waals surface area (Å²) in [4.78, 5) is 26.8. The molecular formula is C30H28N2O5. The van der Waals surface area contributed by atoms with E-state index in [0.717, 1.165) is 16.7 Å². The highest BCUT2D eigenvalue weighted by Gasteiger charge is 2.22. The number of hydrogen-bond donors (Lipinski definition) is 2. The summed E-state index contributed by atoms with van der Waals surface area (Å²) < 4.78 is 16.0. The van der Waals surface area contributed by atoms with Gasteiger partial charge in [-0.25, -0.2) is 0 Å². The highest BCUT2D eigenvalue weighted by atomic mass is 16.5. The molecule has 4 aromatic rings. The molecule has 0 saturated heterocycles. The molecule has 0 aliphatic carbocycles. The molecule has 7 heteroatoms. The number of benzene rings is 3. The van der Waals surface area contributed by atoms with Crippen molar-refractivity contribution in [3.8, 4) is 11.5 Å². The predicted molar refractivity (Wildman–Crippen MR) is 141 cm³/mol. The van der Waals surface area contributed by atoms with Crippen molar-refractivity contribution in [3.05, 3.63) is 125 Å². The Morgan fingerprint density at radius 1 is 0.838 bits per heavy atom. The molecule has 0 spiro atoms. The molecule has 0 fully saturated rings. The average Bonchev–Trinajstić information content (AvgIpc) is 3.45. The first kappa shape index (κ1) is 25.3. The zero-order valence-corrected chi connectivity index (χ0v) is 20.9. The molecule has 2 N–H and O–H groups in total. The van der Waals surface area contributed by atoms with Gasteiger partial charge in [0.25, 0.3) is 11.8 Å². The van der Waals surface area contributed by atoms with E-state index in [4.69, 9.17) is 13.9 Å². The maximum atomic E-state index is 13.6. The minimum atomic E-state index is -0.486. The number of hydrogen-bond acceptors (Lipinski definition) is 5. The monoisotopic (exact) mass is 496 g/mol. The third-order valence-corrected chi connectivity index (χ3v) is 5.79. The molecular weight excluding hydrogens is 468 g/mol. The summed E-state index contributed by atoms with van der Waals surface area (Å²) in [5.41, 5.74) is 3.26. The van der Waals surface area contributed by atoms with Crippen LogP contribution >= 0.6 is 0 Å². The molecule has 7 nitrogen and oxygen atoms in total. The zero-order chi connectivity index (χ0) is 26.2. The summed E-state index contributed by atoms with van der Waals surface area (Å²) in [6, 6.07) is 25.3. The molecule has 0 saturated carbocycles. The van der Waals surface area contributed by atoms with Gasteiger partial charge in [0.05, 0.1) is 26.5 Å². The topological polar surface area (TPSA) is 89.8 Å². The second kappa shape index (κ2) is 11.8. The SMILES string of the molecule is COc1ccc(C(=O)N/C(=C\c2ccco2)C(=O)N[C@@H](c2ccccc2)c2ccc(C)cc2)cc1OC. The molecule has 37 heavy (non-hydrogen) atoms. The standard InChI is InChI=1S/C30H28N2O5/c1-20-11-13-22(14-12-20)28(21-8-5-4-6-9-21)32-30(34)25(19-24-10-7-17-37-24)31-29(33)23-15-16-26(35-2)27(18-23)36-3/h4-19,28H,1-3H3,(H,31,33)(H,32,34)/b25-19-/t28-/m0/s1. The minimum absolute atomic E-state index is 0.0303. The van der Waals surface area contributed by atoms with Gasteiger partial charge in [-0.2, -0.15) is 0 Å². The summed E-state index contributed by atoms with van der Waals surface area (Å²) in [5.74, 6) is 0.358. The highest BCUT2D eigenvalue weighted by Crippen LogP contribution is 2.28. The Morgan fingerprint density at radius 3 is 2.19 bits per heavy atom. The Bertz CT molecular complexity index is 1380. The van der Waals surface area contributed by atoms with E-state index in [1.165, 1.54) is 26.6 Å². The van der Waals surface area contributed by atoms with Gasteiger partial charge in [0.2, 0.25) is 0 Å². The van der Waals surface area contributed by atoms with Crippen LogP contribution in [0.3, 0.4) is 0 Å². The Morgan fingerprint density at radius 2 is 1.54 bits per heavy atom. The Balaban J connectivity index is 1.65. The van der Waals surface area contributed by atoms with E-state index in [-0.39, 0.29) is 5.70 Å². The molecule has 2 amide bonds. The van der Waals surface area contributed by atoms with E-state index < -0.39 is 17.9 Å². The largest absolute Gasteiger partial charge is 0.493 e. The second-order valence-corrected chi connectivity index (χ2v) is 8.33.